The van der Waals surface area contributed by atoms with E-state index in [9.17, 15) is 0 Å². The maximum atomic E-state index is 4.66. The van der Waals surface area contributed by atoms with Crippen molar-refractivity contribution in [2.45, 2.75) is 45.7 Å². The van der Waals surface area contributed by atoms with Crippen molar-refractivity contribution in [2.75, 3.05) is 26.2 Å². The van der Waals surface area contributed by atoms with Gasteiger partial charge in [-0.05, 0) is 45.3 Å². The van der Waals surface area contributed by atoms with E-state index >= 15 is 0 Å². The van der Waals surface area contributed by atoms with Crippen LogP contribution in [0.25, 0.3) is 0 Å². The minimum absolute atomic E-state index is 0. The summed E-state index contributed by atoms with van der Waals surface area (Å²) in [7, 11) is 1.95. The highest BCUT2D eigenvalue weighted by molar-refractivity contribution is 14.0. The van der Waals surface area contributed by atoms with Gasteiger partial charge in [0, 0.05) is 32.4 Å². The Labute approximate surface area is 157 Å². The van der Waals surface area contributed by atoms with Gasteiger partial charge in [-0.3, -0.25) is 9.58 Å². The Balaban J connectivity index is 0.00000264. The van der Waals surface area contributed by atoms with Gasteiger partial charge in [0.05, 0.1) is 12.2 Å². The Kier molecular flexibility index (Phi) is 9.54. The van der Waals surface area contributed by atoms with Crippen LogP contribution < -0.4 is 10.6 Å². The molecule has 2 N–H and O–H groups in total. The van der Waals surface area contributed by atoms with Crippen LogP contribution in [0.3, 0.4) is 0 Å². The van der Waals surface area contributed by atoms with E-state index in [4.69, 9.17) is 0 Å². The van der Waals surface area contributed by atoms with Gasteiger partial charge in [0.2, 0.25) is 0 Å². The number of aliphatic imine (C=N–C) groups is 1. The lowest BCUT2D eigenvalue weighted by atomic mass is 10.2. The Morgan fingerprint density at radius 2 is 2.04 bits per heavy atom. The third kappa shape index (κ3) is 6.29. The average Bonchev–Trinajstić information content (AvgIpc) is 3.17. The van der Waals surface area contributed by atoms with E-state index in [1.54, 1.807) is 0 Å². The number of halogens is 1. The molecule has 2 rings (SSSR count). The molecule has 1 aromatic rings. The predicted octanol–water partition coefficient (Wildman–Crippen LogP) is 1.97. The number of guanidine groups is 1. The lowest BCUT2D eigenvalue weighted by Crippen LogP contribution is -2.46. The zero-order chi connectivity index (χ0) is 15.8. The smallest absolute Gasteiger partial charge is 0.191 e. The number of hydrogen-bond donors (Lipinski definition) is 2. The van der Waals surface area contributed by atoms with Crippen LogP contribution in [0.1, 0.15) is 38.8 Å². The molecule has 6 nitrogen and oxygen atoms in total. The highest BCUT2D eigenvalue weighted by atomic mass is 127. The molecule has 0 aromatic carbocycles. The summed E-state index contributed by atoms with van der Waals surface area (Å²) in [4.78, 5) is 7.26. The summed E-state index contributed by atoms with van der Waals surface area (Å²) in [5.41, 5.74) is 1.11. The fraction of sp³-hybridized carbons (Fsp3) is 0.750. The van der Waals surface area contributed by atoms with E-state index in [0.717, 1.165) is 24.7 Å². The number of nitrogens with one attached hydrogen (secondary N) is 2. The van der Waals surface area contributed by atoms with Gasteiger partial charge in [-0.1, -0.05) is 6.92 Å². The molecule has 1 fully saturated rings. The first-order valence-corrected chi connectivity index (χ1v) is 8.47. The normalized spacial score (nSPS) is 16.9. The van der Waals surface area contributed by atoms with Crippen LogP contribution in [0.4, 0.5) is 0 Å². The molecule has 23 heavy (non-hydrogen) atoms. The molecule has 0 radical (unpaired) electrons. The first kappa shape index (κ1) is 20.2. The molecular weight excluding hydrogens is 403 g/mol. The van der Waals surface area contributed by atoms with Crippen molar-refractivity contribution >= 4 is 29.9 Å². The summed E-state index contributed by atoms with van der Waals surface area (Å²) in [6.07, 6.45) is 5.66. The van der Waals surface area contributed by atoms with E-state index < -0.39 is 0 Å². The van der Waals surface area contributed by atoms with E-state index in [-0.39, 0.29) is 24.0 Å². The van der Waals surface area contributed by atoms with Crippen molar-refractivity contribution in [3.8, 4) is 0 Å². The molecule has 7 heteroatoms. The SMILES string of the molecule is CCNC(=NCc1ccnn1C)NCC(CC)N1CCCC1.I. The molecule has 1 aliphatic heterocycles. The molecule has 0 spiro atoms. The van der Waals surface area contributed by atoms with Crippen molar-refractivity contribution in [2.24, 2.45) is 12.0 Å². The number of hydrogen-bond acceptors (Lipinski definition) is 3. The quantitative estimate of drug-likeness (QED) is 0.392. The van der Waals surface area contributed by atoms with Crippen LogP contribution in [0.2, 0.25) is 0 Å². The molecule has 1 aliphatic rings. The van der Waals surface area contributed by atoms with Crippen LogP contribution in [0, 0.1) is 0 Å². The minimum Gasteiger partial charge on any atom is -0.357 e. The molecular formula is C16H31IN6. The zero-order valence-corrected chi connectivity index (χ0v) is 16.9. The second-order valence-corrected chi connectivity index (χ2v) is 5.83. The lowest BCUT2D eigenvalue weighted by molar-refractivity contribution is 0.236. The molecule has 0 saturated carbocycles. The summed E-state index contributed by atoms with van der Waals surface area (Å²) < 4.78 is 1.87. The molecule has 0 aliphatic carbocycles. The summed E-state index contributed by atoms with van der Waals surface area (Å²) in [6, 6.07) is 2.61. The van der Waals surface area contributed by atoms with Crippen molar-refractivity contribution in [3.05, 3.63) is 18.0 Å². The number of rotatable bonds is 7. The van der Waals surface area contributed by atoms with Gasteiger partial charge in [-0.25, -0.2) is 4.99 Å². The van der Waals surface area contributed by atoms with Gasteiger partial charge in [0.1, 0.15) is 0 Å². The fourth-order valence-corrected chi connectivity index (χ4v) is 2.91. The van der Waals surface area contributed by atoms with E-state index in [1.165, 1.54) is 32.4 Å². The molecule has 1 saturated heterocycles. The Hall–Kier alpha value is -0.830. The second-order valence-electron chi connectivity index (χ2n) is 5.83. The van der Waals surface area contributed by atoms with Crippen molar-refractivity contribution in [3.63, 3.8) is 0 Å². The Morgan fingerprint density at radius 3 is 2.61 bits per heavy atom. The predicted molar refractivity (Wildman–Crippen MR) is 106 cm³/mol. The summed E-state index contributed by atoms with van der Waals surface area (Å²) in [6.45, 7) is 9.31. The molecule has 1 aromatic heterocycles. The number of aromatic nitrogens is 2. The fourth-order valence-electron chi connectivity index (χ4n) is 2.91. The van der Waals surface area contributed by atoms with Crippen molar-refractivity contribution in [1.29, 1.82) is 0 Å². The summed E-state index contributed by atoms with van der Waals surface area (Å²) >= 11 is 0. The van der Waals surface area contributed by atoms with Crippen LogP contribution in [0.5, 0.6) is 0 Å². The Morgan fingerprint density at radius 1 is 1.30 bits per heavy atom. The third-order valence-electron chi connectivity index (χ3n) is 4.30. The number of aryl methyl sites for hydroxylation is 1. The van der Waals surface area contributed by atoms with E-state index in [1.807, 2.05) is 24.0 Å². The summed E-state index contributed by atoms with van der Waals surface area (Å²) in [5, 5.41) is 11.0. The Bertz CT molecular complexity index is 467. The molecule has 132 valence electrons. The van der Waals surface area contributed by atoms with Gasteiger partial charge in [-0.2, -0.15) is 5.10 Å². The first-order valence-electron chi connectivity index (χ1n) is 8.47. The van der Waals surface area contributed by atoms with Gasteiger partial charge in [0.25, 0.3) is 0 Å². The van der Waals surface area contributed by atoms with Crippen LogP contribution in [-0.4, -0.2) is 52.9 Å². The van der Waals surface area contributed by atoms with Gasteiger partial charge < -0.3 is 10.6 Å². The minimum atomic E-state index is 0. The zero-order valence-electron chi connectivity index (χ0n) is 14.6. The summed E-state index contributed by atoms with van der Waals surface area (Å²) in [5.74, 6) is 0.890. The van der Waals surface area contributed by atoms with Crippen LogP contribution >= 0.6 is 24.0 Å². The average molecular weight is 434 g/mol. The third-order valence-corrected chi connectivity index (χ3v) is 4.30. The molecule has 1 unspecified atom stereocenters. The molecule has 0 bridgehead atoms. The standard InChI is InChI=1S/C16H30N6.HI/c1-4-14(22-10-6-7-11-22)12-18-16(17-5-2)19-13-15-8-9-20-21(15)3;/h8-9,14H,4-7,10-13H2,1-3H3,(H2,17,18,19);1H. The second kappa shape index (κ2) is 10.9. The molecule has 2 heterocycles. The topological polar surface area (TPSA) is 57.5 Å². The van der Waals surface area contributed by atoms with Gasteiger partial charge in [-0.15, -0.1) is 24.0 Å². The number of nitrogens with zero attached hydrogens (tertiary/aromatic N) is 4. The lowest BCUT2D eigenvalue weighted by Gasteiger charge is -2.27. The number of likely N-dealkylation sites (tertiary alicyclic amines) is 1. The van der Waals surface area contributed by atoms with Crippen LogP contribution in [-0.2, 0) is 13.6 Å². The van der Waals surface area contributed by atoms with Gasteiger partial charge >= 0.3 is 0 Å². The van der Waals surface area contributed by atoms with E-state index in [2.05, 4.69) is 39.5 Å². The molecule has 0 amide bonds. The molecule has 1 atom stereocenters. The van der Waals surface area contributed by atoms with Crippen molar-refractivity contribution in [1.82, 2.24) is 25.3 Å². The van der Waals surface area contributed by atoms with E-state index in [0.29, 0.717) is 12.6 Å². The maximum absolute atomic E-state index is 4.66. The first-order chi connectivity index (χ1) is 10.7. The monoisotopic (exact) mass is 434 g/mol. The van der Waals surface area contributed by atoms with Crippen LogP contribution in [0.15, 0.2) is 17.3 Å². The van der Waals surface area contributed by atoms with Crippen molar-refractivity contribution < 1.29 is 0 Å². The van der Waals surface area contributed by atoms with Gasteiger partial charge in [0.15, 0.2) is 5.96 Å². The largest absolute Gasteiger partial charge is 0.357 e. The highest BCUT2D eigenvalue weighted by Gasteiger charge is 2.20. The maximum Gasteiger partial charge on any atom is 0.191 e. The highest BCUT2D eigenvalue weighted by Crippen LogP contribution is 2.13.